The number of carbonyl (C=O) groups is 1. The number of amides is 1. The van der Waals surface area contributed by atoms with Gasteiger partial charge >= 0.3 is 6.09 Å². The van der Waals surface area contributed by atoms with Crippen LogP contribution in [0.4, 0.5) is 16.6 Å². The van der Waals surface area contributed by atoms with Crippen LogP contribution in [0.2, 0.25) is 5.02 Å². The minimum absolute atomic E-state index is 0.0912. The number of halogens is 1. The van der Waals surface area contributed by atoms with Crippen molar-refractivity contribution in [1.82, 2.24) is 20.1 Å². The van der Waals surface area contributed by atoms with Crippen LogP contribution in [0, 0.1) is 0 Å². The number of aromatic nitrogens is 4. The lowest BCUT2D eigenvalue weighted by atomic mass is 10.2. The molecule has 1 aliphatic heterocycles. The van der Waals surface area contributed by atoms with Gasteiger partial charge in [0, 0.05) is 16.8 Å². The lowest BCUT2D eigenvalue weighted by Crippen LogP contribution is -2.41. The molecule has 156 valence electrons. The second-order valence-electron chi connectivity index (χ2n) is 6.83. The maximum Gasteiger partial charge on any atom is 0.416 e. The highest BCUT2D eigenvalue weighted by molar-refractivity contribution is 6.30. The number of rotatable bonds is 6. The second kappa shape index (κ2) is 8.25. The van der Waals surface area contributed by atoms with Gasteiger partial charge in [0.25, 0.3) is 0 Å². The van der Waals surface area contributed by atoms with Gasteiger partial charge in [0.1, 0.15) is 24.5 Å². The summed E-state index contributed by atoms with van der Waals surface area (Å²) in [5.74, 6) is 1.32. The van der Waals surface area contributed by atoms with Crippen molar-refractivity contribution in [2.24, 2.45) is 0 Å². The van der Waals surface area contributed by atoms with Crippen LogP contribution < -0.4 is 10.2 Å². The zero-order valence-corrected chi connectivity index (χ0v) is 16.9. The summed E-state index contributed by atoms with van der Waals surface area (Å²) < 4.78 is 10.4. The number of anilines is 2. The van der Waals surface area contributed by atoms with E-state index in [0.717, 1.165) is 5.56 Å². The van der Waals surface area contributed by atoms with Gasteiger partial charge in [0.05, 0.1) is 6.10 Å². The van der Waals surface area contributed by atoms with Crippen molar-refractivity contribution >= 4 is 29.5 Å². The molecule has 1 fully saturated rings. The summed E-state index contributed by atoms with van der Waals surface area (Å²) in [7, 11) is 0. The van der Waals surface area contributed by atoms with Crippen LogP contribution in [0.3, 0.4) is 0 Å². The number of aliphatic hydroxyl groups excluding tert-OH is 1. The molecule has 3 aromatic rings. The zero-order chi connectivity index (χ0) is 21.3. The van der Waals surface area contributed by atoms with Crippen molar-refractivity contribution in [2.45, 2.75) is 32.0 Å². The van der Waals surface area contributed by atoms with E-state index in [9.17, 15) is 9.90 Å². The van der Waals surface area contributed by atoms with E-state index in [1.54, 1.807) is 31.2 Å². The van der Waals surface area contributed by atoms with Crippen LogP contribution in [-0.2, 0) is 4.74 Å². The lowest BCUT2D eigenvalue weighted by Gasteiger charge is -2.22. The fourth-order valence-electron chi connectivity index (χ4n) is 3.02. The molecule has 1 saturated heterocycles. The third kappa shape index (κ3) is 4.05. The molecule has 1 aromatic carbocycles. The monoisotopic (exact) mass is 430 g/mol. The molecule has 0 aliphatic carbocycles. The Morgan fingerprint density at radius 2 is 2.13 bits per heavy atom. The summed E-state index contributed by atoms with van der Waals surface area (Å²) in [5, 5.41) is 17.5. The van der Waals surface area contributed by atoms with Gasteiger partial charge in [-0.15, -0.1) is 0 Å². The Morgan fingerprint density at radius 3 is 2.90 bits per heavy atom. The normalized spacial score (nSPS) is 18.2. The topological polar surface area (TPSA) is 127 Å². The predicted molar refractivity (Wildman–Crippen MR) is 108 cm³/mol. The standard InChI is InChI=1S/C19H19ClN6O4/c1-10(17-24-16(25-30-17)12-4-3-5-13(20)8-12)22-18-21-7-6-15(23-18)26-14(11(2)27)9-29-19(26)28/h3-8,10-11,14,27H,9H2,1-2H3,(H,21,22,23)/t10-,11+,14+/m0/s1. The van der Waals surface area contributed by atoms with Crippen LogP contribution in [0.1, 0.15) is 25.8 Å². The van der Waals surface area contributed by atoms with Crippen molar-refractivity contribution in [2.75, 3.05) is 16.8 Å². The highest BCUT2D eigenvalue weighted by atomic mass is 35.5. The average Bonchev–Trinajstić information content (AvgIpc) is 3.35. The molecule has 1 amide bonds. The number of hydrogen-bond acceptors (Lipinski definition) is 9. The van der Waals surface area contributed by atoms with Gasteiger partial charge in [-0.05, 0) is 32.0 Å². The summed E-state index contributed by atoms with van der Waals surface area (Å²) in [5.41, 5.74) is 0.736. The molecular weight excluding hydrogens is 412 g/mol. The Morgan fingerprint density at radius 1 is 1.30 bits per heavy atom. The maximum atomic E-state index is 12.1. The van der Waals surface area contributed by atoms with E-state index in [1.807, 2.05) is 13.0 Å². The summed E-state index contributed by atoms with van der Waals surface area (Å²) in [4.78, 5) is 26.3. The minimum atomic E-state index is -0.773. The molecule has 0 bridgehead atoms. The van der Waals surface area contributed by atoms with Crippen molar-refractivity contribution < 1.29 is 19.2 Å². The SMILES string of the molecule is C[C@H](Nc1nccc(N2C(=O)OC[C@@H]2[C@@H](C)O)n1)c1nc(-c2cccc(Cl)c2)no1. The van der Waals surface area contributed by atoms with Crippen molar-refractivity contribution in [3.63, 3.8) is 0 Å². The molecule has 2 aromatic heterocycles. The van der Waals surface area contributed by atoms with Crippen molar-refractivity contribution in [3.8, 4) is 11.4 Å². The van der Waals surface area contributed by atoms with E-state index >= 15 is 0 Å². The average molecular weight is 431 g/mol. The number of ether oxygens (including phenoxy) is 1. The first-order valence-electron chi connectivity index (χ1n) is 9.25. The fourth-order valence-corrected chi connectivity index (χ4v) is 3.21. The first-order valence-corrected chi connectivity index (χ1v) is 9.63. The molecule has 0 saturated carbocycles. The van der Waals surface area contributed by atoms with E-state index in [2.05, 4.69) is 25.4 Å². The van der Waals surface area contributed by atoms with E-state index in [-0.39, 0.29) is 12.6 Å². The molecule has 0 radical (unpaired) electrons. The Labute approximate surface area is 176 Å². The first-order chi connectivity index (χ1) is 14.4. The van der Waals surface area contributed by atoms with Gasteiger partial charge in [-0.25, -0.2) is 9.78 Å². The second-order valence-corrected chi connectivity index (χ2v) is 7.26. The molecule has 0 spiro atoms. The minimum Gasteiger partial charge on any atom is -0.447 e. The number of nitrogens with one attached hydrogen (secondary N) is 1. The smallest absolute Gasteiger partial charge is 0.416 e. The van der Waals surface area contributed by atoms with Crippen molar-refractivity contribution in [3.05, 3.63) is 47.4 Å². The number of nitrogens with zero attached hydrogens (tertiary/aromatic N) is 5. The first kappa shape index (κ1) is 20.0. The molecule has 3 atom stereocenters. The summed E-state index contributed by atoms with van der Waals surface area (Å²) >= 11 is 6.01. The molecule has 1 aliphatic rings. The fraction of sp³-hybridized carbons (Fsp3) is 0.316. The highest BCUT2D eigenvalue weighted by Crippen LogP contribution is 2.26. The lowest BCUT2D eigenvalue weighted by molar-refractivity contribution is 0.142. The molecule has 2 N–H and O–H groups in total. The van der Waals surface area contributed by atoms with Crippen LogP contribution >= 0.6 is 11.6 Å². The molecule has 4 rings (SSSR count). The summed E-state index contributed by atoms with van der Waals surface area (Å²) in [6.07, 6.45) is 0.166. The number of benzene rings is 1. The van der Waals surface area contributed by atoms with Crippen LogP contribution in [0.15, 0.2) is 41.1 Å². The third-order valence-electron chi connectivity index (χ3n) is 4.59. The van der Waals surface area contributed by atoms with Gasteiger partial charge in [-0.3, -0.25) is 4.90 Å². The van der Waals surface area contributed by atoms with Crippen LogP contribution in [-0.4, -0.2) is 50.1 Å². The highest BCUT2D eigenvalue weighted by Gasteiger charge is 2.38. The van der Waals surface area contributed by atoms with Gasteiger partial charge in [0.2, 0.25) is 17.7 Å². The number of cyclic esters (lactones) is 1. The quantitative estimate of drug-likeness (QED) is 0.606. The number of carbonyl (C=O) groups excluding carboxylic acids is 1. The summed E-state index contributed by atoms with van der Waals surface area (Å²) in [6.45, 7) is 3.50. The Balaban J connectivity index is 1.51. The predicted octanol–water partition coefficient (Wildman–Crippen LogP) is 3.06. The maximum absolute atomic E-state index is 12.1. The summed E-state index contributed by atoms with van der Waals surface area (Å²) in [6, 6.07) is 7.79. The van der Waals surface area contributed by atoms with E-state index in [1.165, 1.54) is 11.1 Å². The zero-order valence-electron chi connectivity index (χ0n) is 16.2. The van der Waals surface area contributed by atoms with E-state index < -0.39 is 24.3 Å². The van der Waals surface area contributed by atoms with Gasteiger partial charge < -0.3 is 19.7 Å². The molecule has 11 heteroatoms. The molecule has 3 heterocycles. The number of aliphatic hydroxyl groups is 1. The molecule has 10 nitrogen and oxygen atoms in total. The van der Waals surface area contributed by atoms with E-state index in [0.29, 0.717) is 22.6 Å². The molecule has 0 unspecified atom stereocenters. The Kier molecular flexibility index (Phi) is 5.51. The van der Waals surface area contributed by atoms with Crippen LogP contribution in [0.25, 0.3) is 11.4 Å². The largest absolute Gasteiger partial charge is 0.447 e. The van der Waals surface area contributed by atoms with Gasteiger partial charge in [-0.1, -0.05) is 28.9 Å². The molecular formula is C19H19ClN6O4. The van der Waals surface area contributed by atoms with Gasteiger partial charge in [-0.2, -0.15) is 9.97 Å². The molecule has 30 heavy (non-hydrogen) atoms. The Hall–Kier alpha value is -3.24. The van der Waals surface area contributed by atoms with E-state index in [4.69, 9.17) is 20.9 Å². The number of hydrogen-bond donors (Lipinski definition) is 2. The third-order valence-corrected chi connectivity index (χ3v) is 4.83. The van der Waals surface area contributed by atoms with Gasteiger partial charge in [0.15, 0.2) is 0 Å². The van der Waals surface area contributed by atoms with Crippen LogP contribution in [0.5, 0.6) is 0 Å². The Bertz CT molecular complexity index is 1060. The van der Waals surface area contributed by atoms with Crippen molar-refractivity contribution in [1.29, 1.82) is 0 Å².